The van der Waals surface area contributed by atoms with E-state index in [1.165, 1.54) is 12.1 Å². The lowest BCUT2D eigenvalue weighted by Gasteiger charge is -2.20. The summed E-state index contributed by atoms with van der Waals surface area (Å²) < 4.78 is 13.1. The Bertz CT molecular complexity index is 586. The molecule has 1 aromatic carbocycles. The summed E-state index contributed by atoms with van der Waals surface area (Å²) in [7, 11) is 0. The van der Waals surface area contributed by atoms with Gasteiger partial charge in [-0.15, -0.1) is 0 Å². The van der Waals surface area contributed by atoms with Gasteiger partial charge in [0.2, 0.25) is 0 Å². The van der Waals surface area contributed by atoms with E-state index in [0.717, 1.165) is 11.4 Å². The van der Waals surface area contributed by atoms with Crippen LogP contribution in [-0.4, -0.2) is 11.7 Å². The van der Waals surface area contributed by atoms with E-state index in [1.54, 1.807) is 23.3 Å². The van der Waals surface area contributed by atoms with Crippen molar-refractivity contribution < 1.29 is 4.39 Å². The van der Waals surface area contributed by atoms with Crippen LogP contribution in [0.15, 0.2) is 41.6 Å². The number of anilines is 2. The fourth-order valence-electron chi connectivity index (χ4n) is 1.61. The maximum absolute atomic E-state index is 13.1. The normalized spacial score (nSPS) is 10.2. The number of hydrazone groups is 1. The first-order valence-corrected chi connectivity index (χ1v) is 5.64. The van der Waals surface area contributed by atoms with Gasteiger partial charge in [0.05, 0.1) is 22.1 Å². The lowest BCUT2D eigenvalue weighted by atomic mass is 10.2. The molecule has 0 bridgehead atoms. The summed E-state index contributed by atoms with van der Waals surface area (Å²) in [6, 6.07) is 8.03. The molecule has 2 aromatic rings. The second kappa shape index (κ2) is 5.14. The van der Waals surface area contributed by atoms with Crippen LogP contribution in [0.2, 0.25) is 5.02 Å². The second-order valence-corrected chi connectivity index (χ2v) is 4.07. The van der Waals surface area contributed by atoms with Crippen molar-refractivity contribution in [2.45, 2.75) is 6.92 Å². The van der Waals surface area contributed by atoms with Gasteiger partial charge in [0.15, 0.2) is 0 Å². The zero-order valence-electron chi connectivity index (χ0n) is 9.77. The van der Waals surface area contributed by atoms with Crippen LogP contribution in [0.25, 0.3) is 0 Å². The number of nitrogens with zero attached hydrogens (tertiary/aromatic N) is 3. The number of halogens is 2. The van der Waals surface area contributed by atoms with E-state index in [1.807, 2.05) is 13.0 Å². The molecule has 0 N–H and O–H groups in total. The SMILES string of the molecule is C=NN(c1ccc(F)c(Cl)c1)c1cccnc1C. The number of rotatable bonds is 3. The number of pyridine rings is 1. The van der Waals surface area contributed by atoms with Crippen LogP contribution in [0.3, 0.4) is 0 Å². The van der Waals surface area contributed by atoms with Gasteiger partial charge in [0.25, 0.3) is 0 Å². The fraction of sp³-hybridized carbons (Fsp3) is 0.0769. The van der Waals surface area contributed by atoms with Gasteiger partial charge in [-0.1, -0.05) is 11.6 Å². The summed E-state index contributed by atoms with van der Waals surface area (Å²) >= 11 is 5.76. The fourth-order valence-corrected chi connectivity index (χ4v) is 1.79. The molecule has 0 saturated carbocycles. The van der Waals surface area contributed by atoms with Crippen LogP contribution >= 0.6 is 11.6 Å². The molecule has 0 aliphatic heterocycles. The van der Waals surface area contributed by atoms with Gasteiger partial charge in [0, 0.05) is 12.9 Å². The summed E-state index contributed by atoms with van der Waals surface area (Å²) in [6.45, 7) is 5.38. The molecule has 1 aromatic heterocycles. The van der Waals surface area contributed by atoms with E-state index in [9.17, 15) is 4.39 Å². The zero-order valence-corrected chi connectivity index (χ0v) is 10.5. The van der Waals surface area contributed by atoms with Crippen LogP contribution in [0.5, 0.6) is 0 Å². The van der Waals surface area contributed by atoms with E-state index in [0.29, 0.717) is 5.69 Å². The van der Waals surface area contributed by atoms with Crippen molar-refractivity contribution in [3.8, 4) is 0 Å². The molecule has 18 heavy (non-hydrogen) atoms. The Labute approximate surface area is 110 Å². The molecule has 0 atom stereocenters. The van der Waals surface area contributed by atoms with Crippen LogP contribution in [0, 0.1) is 12.7 Å². The highest BCUT2D eigenvalue weighted by molar-refractivity contribution is 6.31. The standard InChI is InChI=1S/C13H11ClFN3/c1-9-13(4-3-7-17-9)18(16-2)10-5-6-12(15)11(14)8-10/h3-8H,2H2,1H3. The topological polar surface area (TPSA) is 28.5 Å². The zero-order chi connectivity index (χ0) is 13.1. The number of aryl methyl sites for hydroxylation is 1. The summed E-state index contributed by atoms with van der Waals surface area (Å²) in [5.74, 6) is -0.465. The molecule has 0 unspecified atom stereocenters. The van der Waals surface area contributed by atoms with Crippen molar-refractivity contribution in [2.24, 2.45) is 5.10 Å². The third-order valence-corrected chi connectivity index (χ3v) is 2.79. The number of hydrogen-bond acceptors (Lipinski definition) is 3. The quantitative estimate of drug-likeness (QED) is 0.620. The monoisotopic (exact) mass is 263 g/mol. The van der Waals surface area contributed by atoms with Gasteiger partial charge in [0.1, 0.15) is 5.82 Å². The van der Waals surface area contributed by atoms with Crippen molar-refractivity contribution in [1.29, 1.82) is 0 Å². The predicted molar refractivity (Wildman–Crippen MR) is 72.1 cm³/mol. The van der Waals surface area contributed by atoms with Crippen molar-refractivity contribution in [3.05, 3.63) is 53.1 Å². The van der Waals surface area contributed by atoms with Crippen LogP contribution in [0.4, 0.5) is 15.8 Å². The molecule has 5 heteroatoms. The molecule has 0 spiro atoms. The Morgan fingerprint density at radius 2 is 2.17 bits per heavy atom. The Balaban J connectivity index is 2.49. The Morgan fingerprint density at radius 1 is 1.39 bits per heavy atom. The first kappa shape index (κ1) is 12.5. The van der Waals surface area contributed by atoms with Crippen molar-refractivity contribution in [2.75, 3.05) is 5.01 Å². The van der Waals surface area contributed by atoms with E-state index >= 15 is 0 Å². The van der Waals surface area contributed by atoms with Gasteiger partial charge in [-0.05, 0) is 37.3 Å². The molecular weight excluding hydrogens is 253 g/mol. The molecule has 0 aliphatic rings. The molecule has 1 heterocycles. The molecule has 0 radical (unpaired) electrons. The minimum absolute atomic E-state index is 0.0442. The smallest absolute Gasteiger partial charge is 0.141 e. The molecule has 0 amide bonds. The summed E-state index contributed by atoms with van der Waals surface area (Å²) in [4.78, 5) is 4.18. The van der Waals surface area contributed by atoms with Gasteiger partial charge >= 0.3 is 0 Å². The maximum atomic E-state index is 13.1. The molecule has 0 saturated heterocycles. The Hall–Kier alpha value is -1.94. The van der Waals surface area contributed by atoms with Crippen molar-refractivity contribution in [3.63, 3.8) is 0 Å². The third kappa shape index (κ3) is 2.33. The second-order valence-electron chi connectivity index (χ2n) is 3.66. The summed E-state index contributed by atoms with van der Waals surface area (Å²) in [6.07, 6.45) is 1.69. The van der Waals surface area contributed by atoms with Gasteiger partial charge in [-0.2, -0.15) is 5.10 Å². The largest absolute Gasteiger partial charge is 0.259 e. The highest BCUT2D eigenvalue weighted by Crippen LogP contribution is 2.30. The summed E-state index contributed by atoms with van der Waals surface area (Å²) in [5.41, 5.74) is 2.20. The molecule has 2 rings (SSSR count). The number of benzene rings is 1. The average molecular weight is 264 g/mol. The minimum atomic E-state index is -0.465. The number of aromatic nitrogens is 1. The van der Waals surface area contributed by atoms with E-state index < -0.39 is 5.82 Å². The van der Waals surface area contributed by atoms with Crippen LogP contribution in [0.1, 0.15) is 5.69 Å². The first-order valence-electron chi connectivity index (χ1n) is 5.27. The summed E-state index contributed by atoms with van der Waals surface area (Å²) in [5, 5.41) is 5.53. The molecule has 92 valence electrons. The first-order chi connectivity index (χ1) is 8.63. The predicted octanol–water partition coefficient (Wildman–Crippen LogP) is 3.94. The molecule has 3 nitrogen and oxygen atoms in total. The average Bonchev–Trinajstić information content (AvgIpc) is 2.37. The number of hydrogen-bond donors (Lipinski definition) is 0. The lowest BCUT2D eigenvalue weighted by molar-refractivity contribution is 0.628. The van der Waals surface area contributed by atoms with Gasteiger partial charge < -0.3 is 0 Å². The van der Waals surface area contributed by atoms with Crippen LogP contribution in [-0.2, 0) is 0 Å². The molecule has 0 aliphatic carbocycles. The van der Waals surface area contributed by atoms with Crippen molar-refractivity contribution in [1.82, 2.24) is 4.98 Å². The van der Waals surface area contributed by atoms with Gasteiger partial charge in [-0.25, -0.2) is 9.40 Å². The molecular formula is C13H11ClFN3. The Morgan fingerprint density at radius 3 is 2.78 bits per heavy atom. The maximum Gasteiger partial charge on any atom is 0.141 e. The molecule has 0 fully saturated rings. The van der Waals surface area contributed by atoms with E-state index in [2.05, 4.69) is 16.8 Å². The lowest BCUT2D eigenvalue weighted by Crippen LogP contribution is -2.10. The van der Waals surface area contributed by atoms with Crippen LogP contribution < -0.4 is 5.01 Å². The highest BCUT2D eigenvalue weighted by atomic mass is 35.5. The van der Waals surface area contributed by atoms with E-state index in [4.69, 9.17) is 11.6 Å². The minimum Gasteiger partial charge on any atom is -0.259 e. The Kier molecular flexibility index (Phi) is 3.58. The third-order valence-electron chi connectivity index (χ3n) is 2.50. The highest BCUT2D eigenvalue weighted by Gasteiger charge is 2.12. The van der Waals surface area contributed by atoms with E-state index in [-0.39, 0.29) is 5.02 Å². The van der Waals surface area contributed by atoms with Gasteiger partial charge in [-0.3, -0.25) is 4.98 Å². The van der Waals surface area contributed by atoms with Crippen molar-refractivity contribution >= 4 is 29.7 Å².